The Hall–Kier alpha value is -1.56. The zero-order chi connectivity index (χ0) is 15.3. The van der Waals surface area contributed by atoms with Crippen molar-refractivity contribution in [3.05, 3.63) is 29.8 Å². The van der Waals surface area contributed by atoms with E-state index in [-0.39, 0.29) is 17.1 Å². The number of ketones is 1. The fourth-order valence-electron chi connectivity index (χ4n) is 2.52. The lowest BCUT2D eigenvalue weighted by Gasteiger charge is -2.22. The quantitative estimate of drug-likeness (QED) is 0.845. The molecule has 1 aromatic carbocycles. The summed E-state index contributed by atoms with van der Waals surface area (Å²) in [6, 6.07) is 5.27. The Kier molecular flexibility index (Phi) is 5.22. The molecule has 1 aliphatic rings. The summed E-state index contributed by atoms with van der Waals surface area (Å²) in [5.74, 6) is 0.0289. The van der Waals surface area contributed by atoms with Crippen molar-refractivity contribution in [1.29, 1.82) is 0 Å². The van der Waals surface area contributed by atoms with E-state index in [0.29, 0.717) is 12.3 Å². The molecule has 2 rings (SSSR count). The van der Waals surface area contributed by atoms with Gasteiger partial charge in [0.05, 0.1) is 0 Å². The van der Waals surface area contributed by atoms with Crippen molar-refractivity contribution < 1.29 is 22.7 Å². The predicted molar refractivity (Wildman–Crippen MR) is 72.3 cm³/mol. The average molecular weight is 301 g/mol. The molecule has 1 heterocycles. The molecule has 0 aromatic heterocycles. The molecule has 0 aliphatic carbocycles. The van der Waals surface area contributed by atoms with E-state index in [1.165, 1.54) is 18.2 Å². The van der Waals surface area contributed by atoms with Crippen molar-refractivity contribution in [2.45, 2.75) is 32.0 Å². The van der Waals surface area contributed by atoms with Gasteiger partial charge in [0.15, 0.2) is 5.78 Å². The number of carbonyl (C=O) groups is 1. The number of carbonyl (C=O) groups excluding carboxylic acids is 1. The minimum Gasteiger partial charge on any atom is -0.406 e. The number of piperidine rings is 1. The molecule has 0 bridgehead atoms. The summed E-state index contributed by atoms with van der Waals surface area (Å²) >= 11 is 0. The van der Waals surface area contributed by atoms with Gasteiger partial charge >= 0.3 is 6.36 Å². The molecular formula is C15H18F3NO2. The topological polar surface area (TPSA) is 38.3 Å². The molecule has 1 N–H and O–H groups in total. The second-order valence-corrected chi connectivity index (χ2v) is 5.23. The van der Waals surface area contributed by atoms with Gasteiger partial charge < -0.3 is 10.1 Å². The molecular weight excluding hydrogens is 283 g/mol. The van der Waals surface area contributed by atoms with E-state index in [1.807, 2.05) is 0 Å². The van der Waals surface area contributed by atoms with Crippen LogP contribution < -0.4 is 10.1 Å². The minimum absolute atomic E-state index is 0.138. The molecule has 6 heteroatoms. The molecule has 1 saturated heterocycles. The summed E-state index contributed by atoms with van der Waals surface area (Å²) in [4.78, 5) is 12.1. The van der Waals surface area contributed by atoms with Crippen molar-refractivity contribution in [1.82, 2.24) is 5.32 Å². The number of rotatable bonds is 5. The summed E-state index contributed by atoms with van der Waals surface area (Å²) in [5.41, 5.74) is 0.269. The summed E-state index contributed by atoms with van der Waals surface area (Å²) in [5, 5.41) is 3.26. The monoisotopic (exact) mass is 301 g/mol. The lowest BCUT2D eigenvalue weighted by molar-refractivity contribution is -0.274. The molecule has 0 atom stereocenters. The van der Waals surface area contributed by atoms with Gasteiger partial charge in [-0.15, -0.1) is 13.2 Å². The third kappa shape index (κ3) is 5.38. The maximum atomic E-state index is 12.2. The summed E-state index contributed by atoms with van der Waals surface area (Å²) in [7, 11) is 0. The van der Waals surface area contributed by atoms with Gasteiger partial charge in [0.25, 0.3) is 0 Å². The fourth-order valence-corrected chi connectivity index (χ4v) is 2.52. The number of alkyl halides is 3. The van der Waals surface area contributed by atoms with Crippen LogP contribution in [0.2, 0.25) is 0 Å². The third-order valence-electron chi connectivity index (χ3n) is 3.63. The highest BCUT2D eigenvalue weighted by molar-refractivity contribution is 5.96. The molecule has 0 radical (unpaired) electrons. The summed E-state index contributed by atoms with van der Waals surface area (Å²) in [6.07, 6.45) is -1.50. The first-order chi connectivity index (χ1) is 9.94. The van der Waals surface area contributed by atoms with Crippen LogP contribution in [0.1, 0.15) is 36.0 Å². The first kappa shape index (κ1) is 15.8. The number of Topliss-reactive ketones (excluding diaryl/α,β-unsaturated/α-hetero) is 1. The van der Waals surface area contributed by atoms with E-state index >= 15 is 0 Å². The highest BCUT2D eigenvalue weighted by atomic mass is 19.4. The summed E-state index contributed by atoms with van der Waals surface area (Å²) in [6.45, 7) is 1.93. The van der Waals surface area contributed by atoms with Crippen LogP contribution in [0.4, 0.5) is 13.2 Å². The van der Waals surface area contributed by atoms with E-state index in [1.54, 1.807) is 0 Å². The van der Waals surface area contributed by atoms with Crippen molar-refractivity contribution >= 4 is 5.78 Å². The zero-order valence-electron chi connectivity index (χ0n) is 11.6. The van der Waals surface area contributed by atoms with Gasteiger partial charge in [0, 0.05) is 12.0 Å². The average Bonchev–Trinajstić information content (AvgIpc) is 2.44. The fraction of sp³-hybridized carbons (Fsp3) is 0.533. The second-order valence-electron chi connectivity index (χ2n) is 5.23. The van der Waals surface area contributed by atoms with Gasteiger partial charge in [-0.3, -0.25) is 4.79 Å². The van der Waals surface area contributed by atoms with E-state index < -0.39 is 6.36 Å². The Morgan fingerprint density at radius 1 is 1.29 bits per heavy atom. The van der Waals surface area contributed by atoms with Crippen LogP contribution in [0.5, 0.6) is 5.75 Å². The van der Waals surface area contributed by atoms with Gasteiger partial charge in [-0.25, -0.2) is 0 Å². The predicted octanol–water partition coefficient (Wildman–Crippen LogP) is 3.55. The Labute approximate surface area is 121 Å². The molecule has 0 amide bonds. The van der Waals surface area contributed by atoms with E-state index in [0.717, 1.165) is 38.4 Å². The first-order valence-electron chi connectivity index (χ1n) is 7.04. The SMILES string of the molecule is O=C(CCC1CCNCC1)c1cccc(OC(F)(F)F)c1. The summed E-state index contributed by atoms with van der Waals surface area (Å²) < 4.78 is 40.3. The smallest absolute Gasteiger partial charge is 0.406 e. The van der Waals surface area contributed by atoms with Gasteiger partial charge in [-0.1, -0.05) is 12.1 Å². The molecule has 21 heavy (non-hydrogen) atoms. The maximum Gasteiger partial charge on any atom is 0.573 e. The number of hydrogen-bond donors (Lipinski definition) is 1. The Bertz CT molecular complexity index is 482. The van der Waals surface area contributed by atoms with Crippen molar-refractivity contribution in [3.63, 3.8) is 0 Å². The lowest BCUT2D eigenvalue weighted by atomic mass is 9.91. The maximum absolute atomic E-state index is 12.2. The van der Waals surface area contributed by atoms with Crippen LogP contribution >= 0.6 is 0 Å². The van der Waals surface area contributed by atoms with Crippen LogP contribution in [0.25, 0.3) is 0 Å². The number of hydrogen-bond acceptors (Lipinski definition) is 3. The zero-order valence-corrected chi connectivity index (χ0v) is 11.6. The Balaban J connectivity index is 1.91. The highest BCUT2D eigenvalue weighted by Crippen LogP contribution is 2.25. The highest BCUT2D eigenvalue weighted by Gasteiger charge is 2.31. The number of halogens is 3. The van der Waals surface area contributed by atoms with Gasteiger partial charge in [-0.2, -0.15) is 0 Å². The van der Waals surface area contributed by atoms with E-state index in [2.05, 4.69) is 10.1 Å². The second kappa shape index (κ2) is 6.93. The van der Waals surface area contributed by atoms with E-state index in [4.69, 9.17) is 0 Å². The molecule has 1 aromatic rings. The molecule has 1 fully saturated rings. The molecule has 116 valence electrons. The molecule has 3 nitrogen and oxygen atoms in total. The van der Waals surface area contributed by atoms with Crippen LogP contribution in [-0.2, 0) is 0 Å². The largest absolute Gasteiger partial charge is 0.573 e. The molecule has 0 spiro atoms. The molecule has 0 unspecified atom stereocenters. The first-order valence-corrected chi connectivity index (χ1v) is 7.04. The van der Waals surface area contributed by atoms with Crippen molar-refractivity contribution in [2.24, 2.45) is 5.92 Å². The standard InChI is InChI=1S/C15H18F3NO2/c16-15(17,18)21-13-3-1-2-12(10-13)14(20)5-4-11-6-8-19-9-7-11/h1-3,10-11,19H,4-9H2. The number of nitrogens with one attached hydrogen (secondary N) is 1. The number of benzene rings is 1. The number of ether oxygens (including phenoxy) is 1. The molecule has 1 aliphatic heterocycles. The lowest BCUT2D eigenvalue weighted by Crippen LogP contribution is -2.28. The Morgan fingerprint density at radius 2 is 2.00 bits per heavy atom. The van der Waals surface area contributed by atoms with Crippen LogP contribution in [0.3, 0.4) is 0 Å². The van der Waals surface area contributed by atoms with Crippen LogP contribution in [0, 0.1) is 5.92 Å². The van der Waals surface area contributed by atoms with Crippen LogP contribution in [0.15, 0.2) is 24.3 Å². The normalized spacial score (nSPS) is 16.7. The minimum atomic E-state index is -4.74. The van der Waals surface area contributed by atoms with Gasteiger partial charge in [0.2, 0.25) is 0 Å². The molecule has 0 saturated carbocycles. The third-order valence-corrected chi connectivity index (χ3v) is 3.63. The van der Waals surface area contributed by atoms with Crippen LogP contribution in [-0.4, -0.2) is 25.2 Å². The van der Waals surface area contributed by atoms with Crippen molar-refractivity contribution in [3.8, 4) is 5.75 Å². The van der Waals surface area contributed by atoms with Gasteiger partial charge in [-0.05, 0) is 50.4 Å². The van der Waals surface area contributed by atoms with Gasteiger partial charge in [0.1, 0.15) is 5.75 Å². The van der Waals surface area contributed by atoms with E-state index in [9.17, 15) is 18.0 Å². The Morgan fingerprint density at radius 3 is 2.67 bits per heavy atom. The van der Waals surface area contributed by atoms with Crippen molar-refractivity contribution in [2.75, 3.05) is 13.1 Å².